The SMILES string of the molecule is CN(C[C@H]1COc2ccccc2O1)C(=O)CCCc1nc(-c2cccnc2)no1. The van der Waals surface area contributed by atoms with Crippen LogP contribution in [0.5, 0.6) is 11.5 Å². The zero-order chi connectivity index (χ0) is 20.1. The van der Waals surface area contributed by atoms with Crippen molar-refractivity contribution in [3.63, 3.8) is 0 Å². The number of pyridine rings is 1. The summed E-state index contributed by atoms with van der Waals surface area (Å²) in [6.07, 6.45) is 4.76. The maximum absolute atomic E-state index is 12.4. The number of aryl methyl sites for hydroxylation is 1. The van der Waals surface area contributed by atoms with Crippen molar-refractivity contribution in [2.45, 2.75) is 25.4 Å². The van der Waals surface area contributed by atoms with E-state index in [1.165, 1.54) is 0 Å². The maximum Gasteiger partial charge on any atom is 0.226 e. The Bertz CT molecular complexity index is 960. The van der Waals surface area contributed by atoms with Crippen LogP contribution in [0.3, 0.4) is 0 Å². The first-order chi connectivity index (χ1) is 14.2. The van der Waals surface area contributed by atoms with Crippen molar-refractivity contribution >= 4 is 5.91 Å². The van der Waals surface area contributed by atoms with Gasteiger partial charge in [-0.2, -0.15) is 4.98 Å². The minimum atomic E-state index is -0.183. The Morgan fingerprint density at radius 3 is 2.90 bits per heavy atom. The number of hydrogen-bond donors (Lipinski definition) is 0. The second kappa shape index (κ2) is 8.72. The summed E-state index contributed by atoms with van der Waals surface area (Å²) in [6, 6.07) is 11.2. The van der Waals surface area contributed by atoms with Gasteiger partial charge in [-0.05, 0) is 30.7 Å². The van der Waals surface area contributed by atoms with Crippen LogP contribution < -0.4 is 9.47 Å². The van der Waals surface area contributed by atoms with Crippen LogP contribution in [0.1, 0.15) is 18.7 Å². The Kier molecular flexibility index (Phi) is 5.69. The van der Waals surface area contributed by atoms with Gasteiger partial charge in [-0.15, -0.1) is 0 Å². The monoisotopic (exact) mass is 394 g/mol. The Morgan fingerprint density at radius 1 is 1.21 bits per heavy atom. The average Bonchev–Trinajstić information content (AvgIpc) is 3.23. The molecule has 0 bridgehead atoms. The van der Waals surface area contributed by atoms with E-state index in [0.717, 1.165) is 11.3 Å². The van der Waals surface area contributed by atoms with Crippen LogP contribution in [-0.4, -0.2) is 52.2 Å². The van der Waals surface area contributed by atoms with Crippen molar-refractivity contribution in [3.05, 3.63) is 54.7 Å². The highest BCUT2D eigenvalue weighted by Crippen LogP contribution is 2.31. The predicted molar refractivity (Wildman–Crippen MR) is 104 cm³/mol. The highest BCUT2D eigenvalue weighted by molar-refractivity contribution is 5.75. The van der Waals surface area contributed by atoms with Gasteiger partial charge in [0.1, 0.15) is 6.61 Å². The molecular weight excluding hydrogens is 372 g/mol. The average molecular weight is 394 g/mol. The molecule has 1 aliphatic heterocycles. The van der Waals surface area contributed by atoms with Crippen LogP contribution >= 0.6 is 0 Å². The Labute approximate surface area is 168 Å². The number of fused-ring (bicyclic) bond motifs is 1. The molecule has 8 nitrogen and oxygen atoms in total. The zero-order valence-electron chi connectivity index (χ0n) is 16.2. The summed E-state index contributed by atoms with van der Waals surface area (Å²) < 4.78 is 16.9. The standard InChI is InChI=1S/C21H22N4O4/c1-25(13-16-14-27-17-7-2-3-8-18(17)28-16)20(26)10-4-9-19-23-21(24-29-19)15-6-5-11-22-12-15/h2-3,5-8,11-12,16H,4,9-10,13-14H2,1H3/t16-/m0/s1. The van der Waals surface area contributed by atoms with Crippen LogP contribution in [0.2, 0.25) is 0 Å². The molecule has 0 saturated carbocycles. The van der Waals surface area contributed by atoms with E-state index in [2.05, 4.69) is 15.1 Å². The second-order valence-electron chi connectivity index (χ2n) is 6.88. The van der Waals surface area contributed by atoms with Crippen molar-refractivity contribution in [2.75, 3.05) is 20.2 Å². The van der Waals surface area contributed by atoms with Crippen molar-refractivity contribution in [1.82, 2.24) is 20.0 Å². The van der Waals surface area contributed by atoms with E-state index in [0.29, 0.717) is 49.9 Å². The van der Waals surface area contributed by atoms with Crippen molar-refractivity contribution < 1.29 is 18.8 Å². The van der Waals surface area contributed by atoms with Crippen LogP contribution in [0.15, 0.2) is 53.3 Å². The summed E-state index contributed by atoms with van der Waals surface area (Å²) >= 11 is 0. The zero-order valence-corrected chi connectivity index (χ0v) is 16.2. The molecule has 8 heteroatoms. The van der Waals surface area contributed by atoms with E-state index in [9.17, 15) is 4.79 Å². The number of para-hydroxylation sites is 2. The van der Waals surface area contributed by atoms with Crippen LogP contribution in [0, 0.1) is 0 Å². The highest BCUT2D eigenvalue weighted by atomic mass is 16.6. The lowest BCUT2D eigenvalue weighted by Crippen LogP contribution is -2.41. The van der Waals surface area contributed by atoms with Gasteiger partial charge in [0.25, 0.3) is 0 Å². The third-order valence-corrected chi connectivity index (χ3v) is 4.64. The van der Waals surface area contributed by atoms with Crippen molar-refractivity contribution in [2.24, 2.45) is 0 Å². The fourth-order valence-corrected chi connectivity index (χ4v) is 3.11. The Hall–Kier alpha value is -3.42. The van der Waals surface area contributed by atoms with E-state index in [1.807, 2.05) is 36.4 Å². The molecule has 0 unspecified atom stereocenters. The molecular formula is C21H22N4O4. The van der Waals surface area contributed by atoms with E-state index in [-0.39, 0.29) is 12.0 Å². The molecule has 1 aromatic carbocycles. The van der Waals surface area contributed by atoms with Gasteiger partial charge in [-0.25, -0.2) is 0 Å². The topological polar surface area (TPSA) is 90.6 Å². The summed E-state index contributed by atoms with van der Waals surface area (Å²) in [5, 5.41) is 3.96. The van der Waals surface area contributed by atoms with Gasteiger partial charge >= 0.3 is 0 Å². The van der Waals surface area contributed by atoms with Crippen LogP contribution in [0.4, 0.5) is 0 Å². The predicted octanol–water partition coefficient (Wildman–Crippen LogP) is 2.75. The number of rotatable bonds is 7. The van der Waals surface area contributed by atoms with Crippen molar-refractivity contribution in [1.29, 1.82) is 0 Å². The first kappa shape index (κ1) is 18.9. The lowest BCUT2D eigenvalue weighted by Gasteiger charge is -2.29. The fourth-order valence-electron chi connectivity index (χ4n) is 3.11. The number of ether oxygens (including phenoxy) is 2. The normalized spacial score (nSPS) is 15.1. The molecule has 0 saturated heterocycles. The van der Waals surface area contributed by atoms with Gasteiger partial charge in [0.05, 0.1) is 6.54 Å². The number of aromatic nitrogens is 3. The summed E-state index contributed by atoms with van der Waals surface area (Å²) in [4.78, 5) is 22.5. The van der Waals surface area contributed by atoms with Gasteiger partial charge in [0, 0.05) is 37.8 Å². The van der Waals surface area contributed by atoms with E-state index < -0.39 is 0 Å². The Balaban J connectivity index is 1.22. The molecule has 29 heavy (non-hydrogen) atoms. The lowest BCUT2D eigenvalue weighted by molar-refractivity contribution is -0.131. The summed E-state index contributed by atoms with van der Waals surface area (Å²) in [7, 11) is 1.78. The molecule has 3 heterocycles. The third kappa shape index (κ3) is 4.71. The molecule has 3 aromatic rings. The molecule has 0 N–H and O–H groups in total. The minimum absolute atomic E-state index is 0.0412. The largest absolute Gasteiger partial charge is 0.486 e. The fraction of sp³-hybridized carbons (Fsp3) is 0.333. The van der Waals surface area contributed by atoms with Crippen molar-refractivity contribution in [3.8, 4) is 22.9 Å². The van der Waals surface area contributed by atoms with E-state index >= 15 is 0 Å². The van der Waals surface area contributed by atoms with Gasteiger partial charge in [-0.1, -0.05) is 17.3 Å². The number of amides is 1. The van der Waals surface area contributed by atoms with Gasteiger partial charge < -0.3 is 18.9 Å². The highest BCUT2D eigenvalue weighted by Gasteiger charge is 2.23. The number of benzene rings is 1. The van der Waals surface area contributed by atoms with E-state index in [4.69, 9.17) is 14.0 Å². The molecule has 1 aliphatic rings. The molecule has 1 amide bonds. The van der Waals surface area contributed by atoms with Gasteiger partial charge in [0.15, 0.2) is 17.6 Å². The number of likely N-dealkylation sites (N-methyl/N-ethyl adjacent to an activating group) is 1. The van der Waals surface area contributed by atoms with Gasteiger partial charge in [-0.3, -0.25) is 9.78 Å². The molecule has 0 spiro atoms. The number of nitrogens with zero attached hydrogens (tertiary/aromatic N) is 4. The molecule has 150 valence electrons. The lowest BCUT2D eigenvalue weighted by atomic mass is 10.2. The molecule has 0 aliphatic carbocycles. The quantitative estimate of drug-likeness (QED) is 0.608. The number of carbonyl (C=O) groups is 1. The van der Waals surface area contributed by atoms with Crippen LogP contribution in [-0.2, 0) is 11.2 Å². The molecule has 1 atom stereocenters. The summed E-state index contributed by atoms with van der Waals surface area (Å²) in [5.74, 6) is 2.51. The smallest absolute Gasteiger partial charge is 0.226 e. The molecule has 0 fully saturated rings. The molecule has 4 rings (SSSR count). The third-order valence-electron chi connectivity index (χ3n) is 4.64. The van der Waals surface area contributed by atoms with Gasteiger partial charge in [0.2, 0.25) is 17.6 Å². The first-order valence-corrected chi connectivity index (χ1v) is 9.54. The first-order valence-electron chi connectivity index (χ1n) is 9.54. The summed E-state index contributed by atoms with van der Waals surface area (Å²) in [5.41, 5.74) is 0.801. The maximum atomic E-state index is 12.4. The number of carbonyl (C=O) groups excluding carboxylic acids is 1. The van der Waals surface area contributed by atoms with E-state index in [1.54, 1.807) is 24.3 Å². The summed E-state index contributed by atoms with van der Waals surface area (Å²) in [6.45, 7) is 0.895. The molecule has 0 radical (unpaired) electrons. The number of hydrogen-bond acceptors (Lipinski definition) is 7. The van der Waals surface area contributed by atoms with Crippen LogP contribution in [0.25, 0.3) is 11.4 Å². The Morgan fingerprint density at radius 2 is 2.07 bits per heavy atom. The minimum Gasteiger partial charge on any atom is -0.486 e. The second-order valence-corrected chi connectivity index (χ2v) is 6.88. The molecule has 2 aromatic heterocycles.